The third kappa shape index (κ3) is 4.46. The van der Waals surface area contributed by atoms with Gasteiger partial charge in [-0.15, -0.1) is 0 Å². The average Bonchev–Trinajstić information content (AvgIpc) is 3.02. The Labute approximate surface area is 152 Å². The van der Waals surface area contributed by atoms with Gasteiger partial charge in [0.1, 0.15) is 17.8 Å². The third-order valence-corrected chi connectivity index (χ3v) is 4.70. The topological polar surface area (TPSA) is 45.2 Å². The van der Waals surface area contributed by atoms with Gasteiger partial charge in [-0.2, -0.15) is 13.2 Å². The summed E-state index contributed by atoms with van der Waals surface area (Å²) in [5.41, 5.74) is 0.179. The highest BCUT2D eigenvalue weighted by Crippen LogP contribution is 2.30. The minimum absolute atomic E-state index is 0.107. The number of hydrogen-bond donors (Lipinski definition) is 0. The molecule has 1 unspecified atom stereocenters. The number of nitrogens with zero attached hydrogens (tertiary/aromatic N) is 5. The second kappa shape index (κ2) is 7.25. The van der Waals surface area contributed by atoms with Gasteiger partial charge in [-0.05, 0) is 34.0 Å². The Morgan fingerprint density at radius 1 is 1.28 bits per heavy atom. The summed E-state index contributed by atoms with van der Waals surface area (Å²) in [6.45, 7) is 2.39. The zero-order valence-electron chi connectivity index (χ0n) is 13.5. The number of aromatic nitrogens is 3. The van der Waals surface area contributed by atoms with E-state index in [0.29, 0.717) is 5.82 Å². The van der Waals surface area contributed by atoms with Gasteiger partial charge in [0.2, 0.25) is 0 Å². The van der Waals surface area contributed by atoms with E-state index in [9.17, 15) is 13.2 Å². The largest absolute Gasteiger partial charge is 0.433 e. The monoisotopic (exact) mass is 415 g/mol. The number of pyridine rings is 1. The van der Waals surface area contributed by atoms with Crippen molar-refractivity contribution in [3.8, 4) is 0 Å². The summed E-state index contributed by atoms with van der Waals surface area (Å²) >= 11 is 3.40. The third-order valence-electron chi connectivity index (χ3n) is 4.27. The minimum Gasteiger partial charge on any atom is -0.355 e. The normalized spacial score (nSPS) is 18.5. The van der Waals surface area contributed by atoms with Gasteiger partial charge >= 0.3 is 6.18 Å². The maximum absolute atomic E-state index is 12.8. The van der Waals surface area contributed by atoms with Crippen molar-refractivity contribution in [2.45, 2.75) is 25.2 Å². The molecular formula is C16H17BrF3N5. The fourth-order valence-corrected chi connectivity index (χ4v) is 3.37. The van der Waals surface area contributed by atoms with E-state index in [4.69, 9.17) is 0 Å². The first-order valence-corrected chi connectivity index (χ1v) is 8.56. The summed E-state index contributed by atoms with van der Waals surface area (Å²) in [7, 11) is 1.78. The van der Waals surface area contributed by atoms with E-state index in [-0.39, 0.29) is 6.04 Å². The Hall–Kier alpha value is -1.74. The van der Waals surface area contributed by atoms with Crippen molar-refractivity contribution in [1.82, 2.24) is 19.9 Å². The molecule has 1 atom stereocenters. The van der Waals surface area contributed by atoms with Crippen molar-refractivity contribution in [2.24, 2.45) is 0 Å². The number of alkyl halides is 3. The maximum Gasteiger partial charge on any atom is 0.433 e. The van der Waals surface area contributed by atoms with Gasteiger partial charge in [0, 0.05) is 55.7 Å². The van der Waals surface area contributed by atoms with Crippen LogP contribution in [0.5, 0.6) is 0 Å². The Bertz CT molecular complexity index is 740. The molecule has 1 fully saturated rings. The number of halogens is 4. The highest BCUT2D eigenvalue weighted by atomic mass is 79.9. The van der Waals surface area contributed by atoms with Crippen LogP contribution in [0.4, 0.5) is 19.0 Å². The molecule has 0 spiro atoms. The van der Waals surface area contributed by atoms with E-state index < -0.39 is 11.9 Å². The van der Waals surface area contributed by atoms with Gasteiger partial charge in [-0.1, -0.05) is 0 Å². The predicted octanol–water partition coefficient (Wildman–Crippen LogP) is 3.36. The highest BCUT2D eigenvalue weighted by Gasteiger charge is 2.34. The van der Waals surface area contributed by atoms with Gasteiger partial charge in [-0.25, -0.2) is 9.97 Å². The van der Waals surface area contributed by atoms with Gasteiger partial charge in [0.25, 0.3) is 0 Å². The minimum atomic E-state index is -4.46. The number of rotatable bonds is 4. The summed E-state index contributed by atoms with van der Waals surface area (Å²) in [5.74, 6) is 0.290. The van der Waals surface area contributed by atoms with Crippen LogP contribution < -0.4 is 4.90 Å². The van der Waals surface area contributed by atoms with E-state index in [0.717, 1.165) is 48.5 Å². The van der Waals surface area contributed by atoms with Crippen LogP contribution in [0.2, 0.25) is 0 Å². The molecule has 2 aromatic heterocycles. The van der Waals surface area contributed by atoms with Crippen molar-refractivity contribution in [3.63, 3.8) is 0 Å². The van der Waals surface area contributed by atoms with E-state index in [1.807, 2.05) is 12.3 Å². The fraction of sp³-hybridized carbons (Fsp3) is 0.438. The van der Waals surface area contributed by atoms with Crippen LogP contribution in [-0.4, -0.2) is 46.0 Å². The summed E-state index contributed by atoms with van der Waals surface area (Å²) in [6, 6.07) is 3.13. The maximum atomic E-state index is 12.8. The number of likely N-dealkylation sites (N-methyl/N-ethyl adjacent to an activating group) is 1. The van der Waals surface area contributed by atoms with Crippen molar-refractivity contribution >= 4 is 21.7 Å². The number of anilines is 1. The average molecular weight is 416 g/mol. The van der Waals surface area contributed by atoms with Crippen molar-refractivity contribution < 1.29 is 13.2 Å². The summed E-state index contributed by atoms with van der Waals surface area (Å²) < 4.78 is 39.4. The molecule has 1 aliphatic rings. The zero-order valence-corrected chi connectivity index (χ0v) is 15.1. The molecule has 3 heterocycles. The molecule has 0 saturated carbocycles. The quantitative estimate of drug-likeness (QED) is 0.765. The molecular weight excluding hydrogens is 399 g/mol. The molecule has 0 radical (unpaired) electrons. The lowest BCUT2D eigenvalue weighted by atomic mass is 10.2. The molecule has 0 aliphatic carbocycles. The lowest BCUT2D eigenvalue weighted by molar-refractivity contribution is -0.141. The number of hydrogen-bond acceptors (Lipinski definition) is 5. The second-order valence-corrected chi connectivity index (χ2v) is 6.97. The molecule has 5 nitrogen and oxygen atoms in total. The molecule has 0 N–H and O–H groups in total. The smallest absolute Gasteiger partial charge is 0.355 e. The molecule has 0 amide bonds. The standard InChI is InChI=1S/C16H17BrF3N5/c1-24(15-5-14(16(18,19)20)22-10-23-15)13-2-3-25(9-13)8-11-4-12(17)7-21-6-11/h4-7,10,13H,2-3,8-9H2,1H3. The molecule has 1 aliphatic heterocycles. The molecule has 9 heteroatoms. The molecule has 25 heavy (non-hydrogen) atoms. The Kier molecular flexibility index (Phi) is 5.24. The zero-order chi connectivity index (χ0) is 18.0. The first-order chi connectivity index (χ1) is 11.8. The molecule has 134 valence electrons. The molecule has 0 aromatic carbocycles. The SMILES string of the molecule is CN(c1cc(C(F)(F)F)ncn1)C1CCN(Cc2cncc(Br)c2)C1. The second-order valence-electron chi connectivity index (χ2n) is 6.06. The van der Waals surface area contributed by atoms with Crippen LogP contribution in [0.15, 0.2) is 35.3 Å². The molecule has 2 aromatic rings. The van der Waals surface area contributed by atoms with Crippen LogP contribution in [0.25, 0.3) is 0 Å². The lowest BCUT2D eigenvalue weighted by Gasteiger charge is -2.26. The molecule has 1 saturated heterocycles. The summed E-state index contributed by atoms with van der Waals surface area (Å²) in [6.07, 6.45) is 0.922. The van der Waals surface area contributed by atoms with Crippen LogP contribution in [0, 0.1) is 0 Å². The van der Waals surface area contributed by atoms with Crippen LogP contribution in [-0.2, 0) is 12.7 Å². The first-order valence-electron chi connectivity index (χ1n) is 7.77. The fourth-order valence-electron chi connectivity index (χ4n) is 2.95. The lowest BCUT2D eigenvalue weighted by Crippen LogP contribution is -2.35. The van der Waals surface area contributed by atoms with Crippen LogP contribution in [0.3, 0.4) is 0 Å². The van der Waals surface area contributed by atoms with Crippen molar-refractivity contribution in [3.05, 3.63) is 46.6 Å². The van der Waals surface area contributed by atoms with Crippen LogP contribution in [0.1, 0.15) is 17.7 Å². The van der Waals surface area contributed by atoms with E-state index in [2.05, 4.69) is 35.8 Å². The van der Waals surface area contributed by atoms with E-state index in [1.165, 1.54) is 0 Å². The molecule has 0 bridgehead atoms. The molecule has 3 rings (SSSR count). The highest BCUT2D eigenvalue weighted by molar-refractivity contribution is 9.10. The Balaban J connectivity index is 1.65. The van der Waals surface area contributed by atoms with E-state index >= 15 is 0 Å². The van der Waals surface area contributed by atoms with Crippen molar-refractivity contribution in [2.75, 3.05) is 25.0 Å². The van der Waals surface area contributed by atoms with Crippen molar-refractivity contribution in [1.29, 1.82) is 0 Å². The first kappa shape index (κ1) is 18.1. The van der Waals surface area contributed by atoms with Gasteiger partial charge < -0.3 is 4.90 Å². The summed E-state index contributed by atoms with van der Waals surface area (Å²) in [4.78, 5) is 15.5. The Morgan fingerprint density at radius 3 is 2.80 bits per heavy atom. The van der Waals surface area contributed by atoms with Gasteiger partial charge in [0.15, 0.2) is 0 Å². The van der Waals surface area contributed by atoms with Crippen LogP contribution >= 0.6 is 15.9 Å². The van der Waals surface area contributed by atoms with Gasteiger partial charge in [0.05, 0.1) is 0 Å². The number of likely N-dealkylation sites (tertiary alicyclic amines) is 1. The Morgan fingerprint density at radius 2 is 2.08 bits per heavy atom. The van der Waals surface area contributed by atoms with Gasteiger partial charge in [-0.3, -0.25) is 9.88 Å². The predicted molar refractivity (Wildman–Crippen MR) is 91.1 cm³/mol. The van der Waals surface area contributed by atoms with E-state index in [1.54, 1.807) is 18.1 Å². The summed E-state index contributed by atoms with van der Waals surface area (Å²) in [5, 5.41) is 0.